The molecule has 1 fully saturated rings. The van der Waals surface area contributed by atoms with Gasteiger partial charge in [0.25, 0.3) is 0 Å². The summed E-state index contributed by atoms with van der Waals surface area (Å²) in [5.74, 6) is -0.0830. The third-order valence-electron chi connectivity index (χ3n) is 8.19. The molecular weight excluding hydrogens is 529 g/mol. The molecule has 2 N–H and O–H groups in total. The monoisotopic (exact) mass is 560 g/mol. The highest BCUT2D eigenvalue weighted by Gasteiger charge is 2.42. The first-order valence-corrected chi connectivity index (χ1v) is 14.7. The number of carbonyl (C=O) groups excluding carboxylic acids is 1. The number of methoxy groups -OCH3 is 1. The van der Waals surface area contributed by atoms with E-state index in [1.54, 1.807) is 10.4 Å². The van der Waals surface area contributed by atoms with Crippen LogP contribution in [0, 0.1) is 5.92 Å². The smallest absolute Gasteiger partial charge is 0.416 e. The topological polar surface area (TPSA) is 74.9 Å². The number of aromatic nitrogens is 1. The number of fused-ring (bicyclic) bond motifs is 2. The summed E-state index contributed by atoms with van der Waals surface area (Å²) in [6, 6.07) is 10.6. The molecule has 6 nitrogen and oxygen atoms in total. The van der Waals surface area contributed by atoms with Crippen LogP contribution in [0.3, 0.4) is 0 Å². The van der Waals surface area contributed by atoms with Crippen LogP contribution in [-0.2, 0) is 23.8 Å². The molecule has 0 amide bonds. The molecule has 1 saturated carbocycles. The van der Waals surface area contributed by atoms with Gasteiger partial charge in [0.05, 0.1) is 29.2 Å². The van der Waals surface area contributed by atoms with Gasteiger partial charge in [-0.05, 0) is 79.0 Å². The van der Waals surface area contributed by atoms with Crippen LogP contribution >= 0.6 is 10.8 Å². The molecule has 2 atom stereocenters. The maximum atomic E-state index is 13.6. The molecule has 6 rings (SSSR count). The molecule has 2 unspecified atom stereocenters. The largest absolute Gasteiger partial charge is 0.465 e. The Bertz CT molecular complexity index is 1450. The third kappa shape index (κ3) is 4.47. The highest BCUT2D eigenvalue weighted by Crippen LogP contribution is 2.61. The van der Waals surface area contributed by atoms with Crippen molar-refractivity contribution < 1.29 is 31.8 Å². The molecule has 2 aromatic carbocycles. The summed E-state index contributed by atoms with van der Waals surface area (Å²) in [5.41, 5.74) is 4.07. The molecular formula is C29H31F3N2O4S. The Labute approximate surface area is 226 Å². The van der Waals surface area contributed by atoms with E-state index in [2.05, 4.69) is 4.57 Å². The van der Waals surface area contributed by atoms with Gasteiger partial charge < -0.3 is 9.30 Å². The minimum absolute atomic E-state index is 0.00919. The fourth-order valence-corrected chi connectivity index (χ4v) is 8.36. The van der Waals surface area contributed by atoms with Crippen molar-refractivity contribution in [2.24, 2.45) is 5.92 Å². The van der Waals surface area contributed by atoms with E-state index in [0.29, 0.717) is 36.9 Å². The summed E-state index contributed by atoms with van der Waals surface area (Å²) >= 11 is 0. The second kappa shape index (κ2) is 9.40. The Kier molecular flexibility index (Phi) is 6.37. The minimum Gasteiger partial charge on any atom is -0.465 e. The lowest BCUT2D eigenvalue weighted by Gasteiger charge is -2.46. The Morgan fingerprint density at radius 3 is 2.56 bits per heavy atom. The van der Waals surface area contributed by atoms with Crippen LogP contribution in [-0.4, -0.2) is 37.6 Å². The van der Waals surface area contributed by atoms with Gasteiger partial charge in [-0.1, -0.05) is 25.1 Å². The van der Waals surface area contributed by atoms with Crippen molar-refractivity contribution in [1.82, 2.24) is 8.87 Å². The molecule has 3 aromatic rings. The van der Waals surface area contributed by atoms with Crippen LogP contribution in [0.4, 0.5) is 13.2 Å². The Hall–Kier alpha value is -2.79. The maximum absolute atomic E-state index is 13.6. The molecule has 0 bridgehead atoms. The van der Waals surface area contributed by atoms with Crippen LogP contribution in [0.2, 0.25) is 0 Å². The molecule has 1 aromatic heterocycles. The van der Waals surface area contributed by atoms with Crippen LogP contribution in [0.1, 0.15) is 76.5 Å². The zero-order valence-corrected chi connectivity index (χ0v) is 22.6. The van der Waals surface area contributed by atoms with Crippen LogP contribution in [0.25, 0.3) is 5.69 Å². The summed E-state index contributed by atoms with van der Waals surface area (Å²) in [6.45, 7) is 2.33. The Balaban J connectivity index is 1.42. The molecule has 1 aliphatic heterocycles. The van der Waals surface area contributed by atoms with Crippen molar-refractivity contribution in [3.8, 4) is 5.69 Å². The summed E-state index contributed by atoms with van der Waals surface area (Å²) in [5, 5.41) is 0. The minimum atomic E-state index is -4.58. The SMILES string of the molecule is COC(=O)c1ccn(-c2cccc3c2CCC3N2CC(C)Cc3ccc(C(F)(F)F)cc3S2(O)O)c1C1CC1. The summed E-state index contributed by atoms with van der Waals surface area (Å²) in [7, 11) is -2.32. The summed E-state index contributed by atoms with van der Waals surface area (Å²) < 4.78 is 72.6. The van der Waals surface area contributed by atoms with Crippen molar-refractivity contribution >= 4 is 16.7 Å². The number of alkyl halides is 3. The first kappa shape index (κ1) is 26.4. The van der Waals surface area contributed by atoms with E-state index in [4.69, 9.17) is 4.74 Å². The molecule has 0 radical (unpaired) electrons. The van der Waals surface area contributed by atoms with Gasteiger partial charge >= 0.3 is 12.1 Å². The standard InChI is InChI=1S/C29H31F3N2O4S/c1-17-14-19-8-9-20(29(30,31)32)15-26(19)39(36,37)34(16-17)25-11-10-22-21(25)4-3-5-24(22)33-13-12-23(28(35)38-2)27(33)18-6-7-18/h3-5,8-9,12-13,15,17-18,25,36-37H,6-7,10-11,14,16H2,1-2H3. The van der Waals surface area contributed by atoms with Crippen molar-refractivity contribution in [3.05, 3.63) is 82.2 Å². The molecule has 2 heterocycles. The zero-order valence-electron chi connectivity index (χ0n) is 21.7. The third-order valence-corrected chi connectivity index (χ3v) is 10.2. The van der Waals surface area contributed by atoms with Gasteiger partial charge in [-0.25, -0.2) is 4.79 Å². The second-order valence-corrected chi connectivity index (χ2v) is 12.8. The predicted octanol–water partition coefficient (Wildman–Crippen LogP) is 7.37. The van der Waals surface area contributed by atoms with Gasteiger partial charge in [0.2, 0.25) is 0 Å². The van der Waals surface area contributed by atoms with Crippen LogP contribution in [0.15, 0.2) is 53.6 Å². The number of halogens is 3. The van der Waals surface area contributed by atoms with Gasteiger partial charge in [0, 0.05) is 30.0 Å². The number of benzene rings is 2. The highest BCUT2D eigenvalue weighted by molar-refractivity contribution is 8.22. The predicted molar refractivity (Wildman–Crippen MR) is 142 cm³/mol. The summed E-state index contributed by atoms with van der Waals surface area (Å²) in [6.07, 6.45) is 1.04. The van der Waals surface area contributed by atoms with Gasteiger partial charge in [0.15, 0.2) is 0 Å². The highest BCUT2D eigenvalue weighted by atomic mass is 32.3. The molecule has 10 heteroatoms. The molecule has 39 heavy (non-hydrogen) atoms. The number of nitrogens with zero attached hydrogens (tertiary/aromatic N) is 2. The fourth-order valence-electron chi connectivity index (χ4n) is 6.29. The quantitative estimate of drug-likeness (QED) is 0.326. The van der Waals surface area contributed by atoms with E-state index in [0.717, 1.165) is 47.5 Å². The van der Waals surface area contributed by atoms with Crippen molar-refractivity contribution in [2.75, 3.05) is 13.7 Å². The molecule has 2 aliphatic carbocycles. The lowest BCUT2D eigenvalue weighted by molar-refractivity contribution is -0.137. The van der Waals surface area contributed by atoms with Gasteiger partial charge in [-0.15, -0.1) is 10.8 Å². The second-order valence-electron chi connectivity index (χ2n) is 10.9. The van der Waals surface area contributed by atoms with Gasteiger partial charge in [0.1, 0.15) is 0 Å². The lowest BCUT2D eigenvalue weighted by atomic mass is 9.99. The van der Waals surface area contributed by atoms with E-state index in [1.807, 2.05) is 31.3 Å². The van der Waals surface area contributed by atoms with Crippen molar-refractivity contribution in [2.45, 2.75) is 62.1 Å². The van der Waals surface area contributed by atoms with E-state index in [-0.39, 0.29) is 28.7 Å². The van der Waals surface area contributed by atoms with Crippen molar-refractivity contribution in [1.29, 1.82) is 0 Å². The molecule has 3 aliphatic rings. The van der Waals surface area contributed by atoms with E-state index in [9.17, 15) is 27.1 Å². The number of hydrogen-bond donors (Lipinski definition) is 2. The first-order valence-electron chi connectivity index (χ1n) is 13.2. The lowest BCUT2D eigenvalue weighted by Crippen LogP contribution is -2.33. The normalized spacial score (nSPS) is 23.6. The first-order chi connectivity index (χ1) is 18.5. The number of hydrogen-bond acceptors (Lipinski definition) is 5. The van der Waals surface area contributed by atoms with Crippen molar-refractivity contribution in [3.63, 3.8) is 0 Å². The number of esters is 1. The van der Waals surface area contributed by atoms with E-state index in [1.165, 1.54) is 13.2 Å². The molecule has 208 valence electrons. The number of carbonyl (C=O) groups is 1. The van der Waals surface area contributed by atoms with Crippen LogP contribution < -0.4 is 0 Å². The Morgan fingerprint density at radius 1 is 1.10 bits per heavy atom. The molecule has 0 spiro atoms. The van der Waals surface area contributed by atoms with Gasteiger partial charge in [-0.3, -0.25) is 9.11 Å². The van der Waals surface area contributed by atoms with E-state index < -0.39 is 22.5 Å². The number of rotatable bonds is 4. The average Bonchev–Trinajstić information content (AvgIpc) is 3.51. The average molecular weight is 561 g/mol. The van der Waals surface area contributed by atoms with E-state index >= 15 is 0 Å². The van der Waals surface area contributed by atoms with Crippen LogP contribution in [0.5, 0.6) is 0 Å². The maximum Gasteiger partial charge on any atom is 0.416 e. The Morgan fingerprint density at radius 2 is 1.87 bits per heavy atom. The van der Waals surface area contributed by atoms with Gasteiger partial charge in [-0.2, -0.15) is 17.5 Å². The zero-order chi connectivity index (χ0) is 27.7. The number of ether oxygens (including phenoxy) is 1. The summed E-state index contributed by atoms with van der Waals surface area (Å²) in [4.78, 5) is 12.4. The molecule has 0 saturated heterocycles. The fraction of sp³-hybridized carbons (Fsp3) is 0.414.